The van der Waals surface area contributed by atoms with E-state index < -0.39 is 57.9 Å². The first-order chi connectivity index (χ1) is 16.5. The third kappa shape index (κ3) is 3.56. The minimum atomic E-state index is -4.97. The molecule has 1 aromatic heterocycles. The van der Waals surface area contributed by atoms with Crippen LogP contribution in [0.3, 0.4) is 0 Å². The van der Waals surface area contributed by atoms with E-state index in [0.717, 1.165) is 30.3 Å². The van der Waals surface area contributed by atoms with E-state index in [1.54, 1.807) is 0 Å². The van der Waals surface area contributed by atoms with E-state index in [9.17, 15) is 36.9 Å². The number of pyridine rings is 1. The summed E-state index contributed by atoms with van der Waals surface area (Å²) in [4.78, 5) is 54.2. The maximum Gasteiger partial charge on any atom is 0.419 e. The third-order valence-electron chi connectivity index (χ3n) is 5.99. The predicted molar refractivity (Wildman–Crippen MR) is 110 cm³/mol. The molecule has 10 nitrogen and oxygen atoms in total. The zero-order chi connectivity index (χ0) is 25.7. The summed E-state index contributed by atoms with van der Waals surface area (Å²) in [5.74, 6) is -2.97. The highest BCUT2D eigenvalue weighted by Crippen LogP contribution is 2.48. The van der Waals surface area contributed by atoms with Crippen LogP contribution in [0.15, 0.2) is 35.7 Å². The van der Waals surface area contributed by atoms with Crippen LogP contribution in [0.2, 0.25) is 0 Å². The first kappa shape index (κ1) is 23.7. The number of anilines is 2. The number of imide groups is 1. The lowest BCUT2D eigenvalue weighted by molar-refractivity contribution is -0.138. The van der Waals surface area contributed by atoms with Crippen LogP contribution in [0.25, 0.3) is 0 Å². The van der Waals surface area contributed by atoms with Gasteiger partial charge in [0.15, 0.2) is 5.69 Å². The van der Waals surface area contributed by atoms with Crippen molar-refractivity contribution in [1.29, 1.82) is 5.26 Å². The number of nitriles is 1. The summed E-state index contributed by atoms with van der Waals surface area (Å²) in [6.45, 7) is 0. The summed E-state index contributed by atoms with van der Waals surface area (Å²) in [7, 11) is 1.02. The number of carbonyl (C=O) groups excluding carboxylic acids is 3. The summed E-state index contributed by atoms with van der Waals surface area (Å²) >= 11 is 0. The van der Waals surface area contributed by atoms with Crippen LogP contribution in [-0.4, -0.2) is 40.4 Å². The molecule has 4 rings (SSSR count). The van der Waals surface area contributed by atoms with Crippen molar-refractivity contribution in [2.75, 3.05) is 16.8 Å². The fourth-order valence-corrected chi connectivity index (χ4v) is 4.12. The molecule has 1 aliphatic carbocycles. The van der Waals surface area contributed by atoms with Gasteiger partial charge in [0.05, 0.1) is 28.3 Å². The number of hydrogen-bond donors (Lipinski definition) is 0. The molecular weight excluding hydrogens is 476 g/mol. The molecule has 180 valence electrons. The predicted octanol–water partition coefficient (Wildman–Crippen LogP) is 3.76. The Hall–Kier alpha value is -4.41. The Morgan fingerprint density at radius 1 is 1.23 bits per heavy atom. The Morgan fingerprint density at radius 2 is 1.91 bits per heavy atom. The largest absolute Gasteiger partial charge is 0.419 e. The van der Waals surface area contributed by atoms with Crippen LogP contribution in [-0.2, 0) is 11.0 Å². The summed E-state index contributed by atoms with van der Waals surface area (Å²) in [5, 5.41) is 11.7. The van der Waals surface area contributed by atoms with Crippen LogP contribution < -0.4 is 9.80 Å². The number of urea groups is 1. The minimum absolute atomic E-state index is 0.112. The van der Waals surface area contributed by atoms with Gasteiger partial charge in [-0.2, -0.15) is 23.4 Å². The van der Waals surface area contributed by atoms with Crippen molar-refractivity contribution < 1.29 is 31.9 Å². The average Bonchev–Trinajstić information content (AvgIpc) is 3.03. The number of nitroso groups, excluding NO2 is 1. The summed E-state index contributed by atoms with van der Waals surface area (Å²) in [5.41, 5.74) is -4.92. The molecule has 0 bridgehead atoms. The van der Waals surface area contributed by atoms with Crippen LogP contribution in [0, 0.1) is 22.1 Å². The Labute approximate surface area is 194 Å². The molecule has 0 atom stereocenters. The first-order valence-corrected chi connectivity index (χ1v) is 10.0. The topological polar surface area (TPSA) is 127 Å². The van der Waals surface area contributed by atoms with Gasteiger partial charge in [0.1, 0.15) is 17.4 Å². The second-order valence-corrected chi connectivity index (χ2v) is 7.92. The van der Waals surface area contributed by atoms with Crippen molar-refractivity contribution in [2.45, 2.75) is 31.0 Å². The highest BCUT2D eigenvalue weighted by atomic mass is 19.4. The van der Waals surface area contributed by atoms with Gasteiger partial charge in [0.25, 0.3) is 11.8 Å². The average molecular weight is 490 g/mol. The number of carbonyl (C=O) groups is 3. The molecule has 4 amide bonds. The lowest BCUT2D eigenvalue weighted by Crippen LogP contribution is -2.55. The molecule has 1 saturated heterocycles. The molecule has 2 fully saturated rings. The number of hydrogen-bond acceptors (Lipinski definition) is 7. The second kappa shape index (κ2) is 8.12. The van der Waals surface area contributed by atoms with Gasteiger partial charge in [-0.05, 0) is 43.5 Å². The van der Waals surface area contributed by atoms with Gasteiger partial charge in [-0.15, -0.1) is 4.91 Å². The van der Waals surface area contributed by atoms with Crippen LogP contribution in [0.4, 0.5) is 33.7 Å². The Morgan fingerprint density at radius 3 is 2.43 bits per heavy atom. The smallest absolute Gasteiger partial charge is 0.278 e. The summed E-state index contributed by atoms with van der Waals surface area (Å²) in [6.07, 6.45) is -3.29. The number of nitrogens with zero attached hydrogens (tertiary/aromatic N) is 6. The number of amides is 4. The number of benzene rings is 1. The van der Waals surface area contributed by atoms with Gasteiger partial charge in [-0.3, -0.25) is 14.5 Å². The molecule has 35 heavy (non-hydrogen) atoms. The van der Waals surface area contributed by atoms with Crippen molar-refractivity contribution in [3.05, 3.63) is 58.0 Å². The molecule has 14 heteroatoms. The molecule has 2 aliphatic rings. The summed E-state index contributed by atoms with van der Waals surface area (Å²) < 4.78 is 55.0. The molecule has 1 saturated carbocycles. The molecule has 1 aliphatic heterocycles. The Bertz CT molecular complexity index is 1320. The highest BCUT2D eigenvalue weighted by Gasteiger charge is 2.61. The lowest BCUT2D eigenvalue weighted by atomic mass is 9.75. The van der Waals surface area contributed by atoms with E-state index >= 15 is 0 Å². The van der Waals surface area contributed by atoms with Crippen molar-refractivity contribution in [3.8, 4) is 6.07 Å². The van der Waals surface area contributed by atoms with E-state index in [2.05, 4.69) is 10.3 Å². The van der Waals surface area contributed by atoms with Crippen molar-refractivity contribution in [3.63, 3.8) is 0 Å². The number of halogens is 4. The van der Waals surface area contributed by atoms with E-state index in [4.69, 9.17) is 5.26 Å². The molecule has 1 spiro atoms. The van der Waals surface area contributed by atoms with Crippen LogP contribution in [0.5, 0.6) is 0 Å². The monoisotopic (exact) mass is 490 g/mol. The number of aromatic nitrogens is 1. The van der Waals surface area contributed by atoms with Gasteiger partial charge in [-0.25, -0.2) is 19.1 Å². The van der Waals surface area contributed by atoms with E-state index in [-0.39, 0.29) is 18.5 Å². The fourth-order valence-electron chi connectivity index (χ4n) is 4.12. The number of alkyl halides is 3. The molecular formula is C21H14F4N6O4. The van der Waals surface area contributed by atoms with Gasteiger partial charge in [0.2, 0.25) is 0 Å². The van der Waals surface area contributed by atoms with Gasteiger partial charge >= 0.3 is 12.2 Å². The zero-order valence-corrected chi connectivity index (χ0v) is 17.8. The maximum absolute atomic E-state index is 14.7. The molecule has 1 aromatic carbocycles. The molecule has 0 unspecified atom stereocenters. The quantitative estimate of drug-likeness (QED) is 0.278. The highest BCUT2D eigenvalue weighted by molar-refractivity contribution is 6.30. The van der Waals surface area contributed by atoms with E-state index in [1.807, 2.05) is 0 Å². The standard InChI is InChI=1S/C21H14F4N6O4/c1-29(28-35)17(32)13-4-3-11(8-15(13)22)31-19(34)30(18(33)20(31)5-2-6-20)12-7-14(21(23,24)25)16(9-26)27-10-12/h3-4,7-8,10H,2,5-6H2,1H3. The lowest BCUT2D eigenvalue weighted by Gasteiger charge is -2.42. The maximum atomic E-state index is 14.7. The fraction of sp³-hybridized carbons (Fsp3) is 0.286. The van der Waals surface area contributed by atoms with Crippen molar-refractivity contribution >= 4 is 29.2 Å². The summed E-state index contributed by atoms with van der Waals surface area (Å²) in [6, 6.07) is 3.77. The minimum Gasteiger partial charge on any atom is -0.278 e. The van der Waals surface area contributed by atoms with E-state index in [1.165, 1.54) is 12.1 Å². The van der Waals surface area contributed by atoms with Gasteiger partial charge in [0, 0.05) is 12.7 Å². The Balaban J connectivity index is 1.78. The van der Waals surface area contributed by atoms with Gasteiger partial charge in [-0.1, -0.05) is 0 Å². The Kier molecular flexibility index (Phi) is 5.50. The van der Waals surface area contributed by atoms with Gasteiger partial charge < -0.3 is 0 Å². The first-order valence-electron chi connectivity index (χ1n) is 10.0. The second-order valence-electron chi connectivity index (χ2n) is 7.92. The molecule has 0 radical (unpaired) electrons. The van der Waals surface area contributed by atoms with E-state index in [0.29, 0.717) is 22.4 Å². The molecule has 0 N–H and O–H groups in total. The third-order valence-corrected chi connectivity index (χ3v) is 5.99. The SMILES string of the molecule is CN(N=O)C(=O)c1ccc(N2C(=O)N(c3cnc(C#N)c(C(F)(F)F)c3)C(=O)C23CCC3)cc1F. The number of rotatable bonds is 4. The molecule has 2 aromatic rings. The van der Waals surface area contributed by atoms with Crippen LogP contribution in [0.1, 0.15) is 40.9 Å². The normalized spacial score (nSPS) is 16.8. The zero-order valence-electron chi connectivity index (χ0n) is 17.8. The van der Waals surface area contributed by atoms with Crippen molar-refractivity contribution in [2.24, 2.45) is 5.29 Å². The van der Waals surface area contributed by atoms with Crippen LogP contribution >= 0.6 is 0 Å². The molecule has 2 heterocycles. The van der Waals surface area contributed by atoms with Crippen molar-refractivity contribution in [1.82, 2.24) is 9.99 Å².